The van der Waals surface area contributed by atoms with Gasteiger partial charge < -0.3 is 31.9 Å². The average Bonchev–Trinajstić information content (AvgIpc) is 2.56. The number of hydrogen-bond acceptors (Lipinski definition) is 6. The molecule has 0 aromatic rings. The maximum Gasteiger partial charge on any atom is 0.326 e. The molecule has 26 heavy (non-hydrogen) atoms. The molecule has 0 spiro atoms. The van der Waals surface area contributed by atoms with Gasteiger partial charge in [-0.2, -0.15) is 0 Å². The number of hydrogen-bond donors (Lipinski definition) is 6. The number of carbonyl (C=O) groups excluding carboxylic acids is 3. The van der Waals surface area contributed by atoms with E-state index in [1.807, 2.05) is 0 Å². The second-order valence-corrected chi connectivity index (χ2v) is 5.77. The van der Waals surface area contributed by atoms with Gasteiger partial charge in [0, 0.05) is 6.42 Å². The number of amides is 3. The molecule has 0 aliphatic rings. The van der Waals surface area contributed by atoms with Crippen molar-refractivity contribution in [2.75, 3.05) is 6.54 Å². The first-order valence-corrected chi connectivity index (χ1v) is 8.13. The zero-order valence-corrected chi connectivity index (χ0v) is 14.8. The Morgan fingerprint density at radius 2 is 1.46 bits per heavy atom. The molecule has 0 rings (SSSR count). The van der Waals surface area contributed by atoms with Gasteiger partial charge in [0.1, 0.15) is 18.1 Å². The summed E-state index contributed by atoms with van der Waals surface area (Å²) in [5.74, 6) is -4.00. The van der Waals surface area contributed by atoms with Crippen LogP contribution in [0.5, 0.6) is 0 Å². The molecule has 7 N–H and O–H groups in total. The quantitative estimate of drug-likeness (QED) is 0.215. The highest BCUT2D eigenvalue weighted by molar-refractivity contribution is 5.90. The molecule has 148 valence electrons. The first-order chi connectivity index (χ1) is 12.1. The van der Waals surface area contributed by atoms with Gasteiger partial charge in [-0.25, -0.2) is 4.79 Å². The molecule has 0 aliphatic carbocycles. The molecule has 0 saturated heterocycles. The fourth-order valence-electron chi connectivity index (χ4n) is 1.92. The summed E-state index contributed by atoms with van der Waals surface area (Å²) < 4.78 is 0. The molecular formula is C15H26N4O7. The van der Waals surface area contributed by atoms with Gasteiger partial charge >= 0.3 is 11.9 Å². The van der Waals surface area contributed by atoms with Crippen LogP contribution in [-0.4, -0.2) is 64.5 Å². The molecule has 3 amide bonds. The van der Waals surface area contributed by atoms with E-state index in [1.165, 1.54) is 13.8 Å². The Balaban J connectivity index is 4.17. The van der Waals surface area contributed by atoms with Gasteiger partial charge in [0.15, 0.2) is 0 Å². The number of nitrogens with two attached hydrogens (primary N) is 1. The average molecular weight is 374 g/mol. The normalized spacial score (nSPS) is 13.8. The molecule has 0 aromatic carbocycles. The fraction of sp³-hybridized carbons (Fsp3) is 0.667. The van der Waals surface area contributed by atoms with Crippen molar-refractivity contribution in [2.45, 2.75) is 57.7 Å². The number of aliphatic carboxylic acids is 2. The van der Waals surface area contributed by atoms with Gasteiger partial charge in [-0.05, 0) is 26.7 Å². The van der Waals surface area contributed by atoms with E-state index in [0.717, 1.165) is 0 Å². The van der Waals surface area contributed by atoms with E-state index in [-0.39, 0.29) is 19.4 Å². The topological polar surface area (TPSA) is 188 Å². The summed E-state index contributed by atoms with van der Waals surface area (Å²) >= 11 is 0. The predicted molar refractivity (Wildman–Crippen MR) is 89.9 cm³/mol. The van der Waals surface area contributed by atoms with Gasteiger partial charge in [0.25, 0.3) is 0 Å². The van der Waals surface area contributed by atoms with Crippen molar-refractivity contribution in [2.24, 2.45) is 5.73 Å². The van der Waals surface area contributed by atoms with Crippen LogP contribution < -0.4 is 21.7 Å². The molecule has 0 unspecified atom stereocenters. The van der Waals surface area contributed by atoms with E-state index in [1.54, 1.807) is 0 Å². The summed E-state index contributed by atoms with van der Waals surface area (Å²) in [5, 5.41) is 24.6. The highest BCUT2D eigenvalue weighted by Gasteiger charge is 2.21. The van der Waals surface area contributed by atoms with Crippen molar-refractivity contribution < 1.29 is 34.2 Å². The van der Waals surface area contributed by atoms with Gasteiger partial charge in [-0.1, -0.05) is 6.42 Å². The van der Waals surface area contributed by atoms with Crippen LogP contribution in [0, 0.1) is 0 Å². The molecule has 0 heterocycles. The lowest BCUT2D eigenvalue weighted by atomic mass is 10.1. The maximum atomic E-state index is 11.8. The lowest BCUT2D eigenvalue weighted by Crippen LogP contribution is -2.49. The van der Waals surface area contributed by atoms with E-state index in [4.69, 9.17) is 15.9 Å². The van der Waals surface area contributed by atoms with Gasteiger partial charge in [0.2, 0.25) is 17.7 Å². The van der Waals surface area contributed by atoms with Crippen LogP contribution in [0.25, 0.3) is 0 Å². The van der Waals surface area contributed by atoms with Crippen molar-refractivity contribution in [1.82, 2.24) is 16.0 Å². The summed E-state index contributed by atoms with van der Waals surface area (Å²) in [5.41, 5.74) is 5.11. The van der Waals surface area contributed by atoms with E-state index in [9.17, 15) is 24.0 Å². The molecular weight excluding hydrogens is 348 g/mol. The van der Waals surface area contributed by atoms with Crippen LogP contribution in [0.4, 0.5) is 0 Å². The highest BCUT2D eigenvalue weighted by Crippen LogP contribution is 2.05. The summed E-state index contributed by atoms with van der Waals surface area (Å²) in [4.78, 5) is 56.3. The van der Waals surface area contributed by atoms with Crippen LogP contribution >= 0.6 is 0 Å². The third-order valence-corrected chi connectivity index (χ3v) is 3.47. The van der Waals surface area contributed by atoms with Crippen molar-refractivity contribution >= 4 is 29.7 Å². The zero-order chi connectivity index (χ0) is 20.3. The monoisotopic (exact) mass is 374 g/mol. The van der Waals surface area contributed by atoms with Crippen LogP contribution in [-0.2, 0) is 24.0 Å². The van der Waals surface area contributed by atoms with Crippen molar-refractivity contribution in [3.63, 3.8) is 0 Å². The fourth-order valence-corrected chi connectivity index (χ4v) is 1.92. The largest absolute Gasteiger partial charge is 0.480 e. The summed E-state index contributed by atoms with van der Waals surface area (Å²) in [6, 6.07) is -3.05. The Bertz CT molecular complexity index is 538. The molecule has 0 aliphatic heterocycles. The minimum Gasteiger partial charge on any atom is -0.480 e. The predicted octanol–water partition coefficient (Wildman–Crippen LogP) is -1.83. The maximum absolute atomic E-state index is 11.8. The molecule has 11 nitrogen and oxygen atoms in total. The Labute approximate surface area is 150 Å². The number of nitrogens with one attached hydrogen (secondary N) is 3. The molecule has 0 radical (unpaired) electrons. The standard InChI is InChI=1S/C15H26N4O7/c1-8(13(22)18-9(2)14(23)24)17-11(20)6-4-3-5-10(15(25)26)19-12(21)7-16/h8-10H,3-7,16H2,1-2H3,(H,17,20)(H,18,22)(H,19,21)(H,23,24)(H,25,26)/t8-,9-,10+/m1/s1. The van der Waals surface area contributed by atoms with Crippen LogP contribution in [0.15, 0.2) is 0 Å². The summed E-state index contributed by atoms with van der Waals surface area (Å²) in [6.07, 6.45) is 0.920. The molecule has 0 saturated carbocycles. The van der Waals surface area contributed by atoms with Gasteiger partial charge in [0.05, 0.1) is 6.54 Å². The number of rotatable bonds is 12. The van der Waals surface area contributed by atoms with Crippen LogP contribution in [0.1, 0.15) is 39.5 Å². The Morgan fingerprint density at radius 1 is 0.846 bits per heavy atom. The van der Waals surface area contributed by atoms with Crippen molar-refractivity contribution in [1.29, 1.82) is 0 Å². The lowest BCUT2D eigenvalue weighted by molar-refractivity contribution is -0.142. The second kappa shape index (κ2) is 11.8. The third-order valence-electron chi connectivity index (χ3n) is 3.47. The van der Waals surface area contributed by atoms with Crippen LogP contribution in [0.2, 0.25) is 0 Å². The summed E-state index contributed by atoms with van der Waals surface area (Å²) in [6.45, 7) is 2.41. The molecule has 0 aromatic heterocycles. The van der Waals surface area contributed by atoms with E-state index in [0.29, 0.717) is 12.8 Å². The lowest BCUT2D eigenvalue weighted by Gasteiger charge is -2.16. The number of carbonyl (C=O) groups is 5. The Kier molecular flexibility index (Phi) is 10.6. The molecule has 3 atom stereocenters. The number of carboxylic acid groups (broad SMARTS) is 2. The van der Waals surface area contributed by atoms with E-state index in [2.05, 4.69) is 16.0 Å². The van der Waals surface area contributed by atoms with E-state index >= 15 is 0 Å². The minimum absolute atomic E-state index is 0.0588. The number of carboxylic acids is 2. The third kappa shape index (κ3) is 9.57. The highest BCUT2D eigenvalue weighted by atomic mass is 16.4. The van der Waals surface area contributed by atoms with Gasteiger partial charge in [-0.3, -0.25) is 19.2 Å². The van der Waals surface area contributed by atoms with Crippen molar-refractivity contribution in [3.8, 4) is 0 Å². The van der Waals surface area contributed by atoms with Crippen LogP contribution in [0.3, 0.4) is 0 Å². The Morgan fingerprint density at radius 3 is 1.96 bits per heavy atom. The van der Waals surface area contributed by atoms with E-state index < -0.39 is 47.8 Å². The zero-order valence-electron chi connectivity index (χ0n) is 14.8. The SMILES string of the molecule is C[C@@H](NC(=O)[C@@H](C)NC(=O)CCCC[C@H](NC(=O)CN)C(=O)O)C(=O)O. The minimum atomic E-state index is -1.19. The smallest absolute Gasteiger partial charge is 0.326 e. The molecule has 11 heteroatoms. The van der Waals surface area contributed by atoms with Crippen molar-refractivity contribution in [3.05, 3.63) is 0 Å². The molecule has 0 bridgehead atoms. The Hall–Kier alpha value is -2.69. The van der Waals surface area contributed by atoms with Gasteiger partial charge in [-0.15, -0.1) is 0 Å². The second-order valence-electron chi connectivity index (χ2n) is 5.77. The molecule has 0 fully saturated rings. The summed E-state index contributed by atoms with van der Waals surface area (Å²) in [7, 11) is 0. The first kappa shape index (κ1) is 23.3. The number of unbranched alkanes of at least 4 members (excludes halogenated alkanes) is 1. The first-order valence-electron chi connectivity index (χ1n) is 8.13.